The monoisotopic (exact) mass is 348 g/mol. The summed E-state index contributed by atoms with van der Waals surface area (Å²) in [4.78, 5) is 12.2. The summed E-state index contributed by atoms with van der Waals surface area (Å²) in [5.74, 6) is -0.346. The highest BCUT2D eigenvalue weighted by atomic mass is 16.5. The molecule has 0 saturated carbocycles. The fourth-order valence-corrected chi connectivity index (χ4v) is 3.16. The van der Waals surface area contributed by atoms with E-state index in [1.807, 2.05) is 0 Å². The molecule has 0 saturated heterocycles. The molecular formula is C21H36N2O2. The Morgan fingerprint density at radius 1 is 0.920 bits per heavy atom. The molecule has 0 unspecified atom stereocenters. The first-order valence-corrected chi connectivity index (χ1v) is 9.64. The first-order valence-electron chi connectivity index (χ1n) is 9.64. The molecule has 4 heteroatoms. The summed E-state index contributed by atoms with van der Waals surface area (Å²) in [6.45, 7) is 8.83. The van der Waals surface area contributed by atoms with Gasteiger partial charge >= 0.3 is 5.97 Å². The van der Waals surface area contributed by atoms with E-state index in [0.717, 1.165) is 18.4 Å². The zero-order valence-corrected chi connectivity index (χ0v) is 16.5. The number of anilines is 2. The number of esters is 1. The van der Waals surface area contributed by atoms with Crippen molar-refractivity contribution in [2.24, 2.45) is 0 Å². The maximum Gasteiger partial charge on any atom is 0.338 e. The van der Waals surface area contributed by atoms with Crippen molar-refractivity contribution in [2.75, 3.05) is 18.1 Å². The van der Waals surface area contributed by atoms with Crippen LogP contribution >= 0.6 is 0 Å². The van der Waals surface area contributed by atoms with Crippen LogP contribution in [0.2, 0.25) is 0 Å². The molecular weight excluding hydrogens is 312 g/mol. The summed E-state index contributed by atoms with van der Waals surface area (Å²) in [7, 11) is 0. The van der Waals surface area contributed by atoms with Crippen LogP contribution in [0.25, 0.3) is 0 Å². The maximum atomic E-state index is 12.2. The van der Waals surface area contributed by atoms with E-state index >= 15 is 0 Å². The van der Waals surface area contributed by atoms with E-state index in [1.165, 1.54) is 38.5 Å². The zero-order valence-electron chi connectivity index (χ0n) is 16.5. The maximum absolute atomic E-state index is 12.2. The van der Waals surface area contributed by atoms with Gasteiger partial charge in [-0.1, -0.05) is 72.6 Å². The van der Waals surface area contributed by atoms with Gasteiger partial charge in [-0.05, 0) is 24.0 Å². The zero-order chi connectivity index (χ0) is 18.9. The molecule has 0 aliphatic heterocycles. The summed E-state index contributed by atoms with van der Waals surface area (Å²) in [5.41, 5.74) is 14.5. The van der Waals surface area contributed by atoms with E-state index in [2.05, 4.69) is 27.7 Å². The molecule has 0 aliphatic carbocycles. The minimum Gasteiger partial charge on any atom is -0.462 e. The highest BCUT2D eigenvalue weighted by Gasteiger charge is 2.22. The Kier molecular flexibility index (Phi) is 8.81. The van der Waals surface area contributed by atoms with Crippen molar-refractivity contribution in [1.29, 1.82) is 0 Å². The Bertz CT molecular complexity index is 524. The lowest BCUT2D eigenvalue weighted by atomic mass is 9.84. The Morgan fingerprint density at radius 2 is 1.40 bits per heavy atom. The number of unbranched alkanes of at least 4 members (excludes halogenated alkanes) is 7. The van der Waals surface area contributed by atoms with Gasteiger partial charge in [0, 0.05) is 16.9 Å². The third-order valence-electron chi connectivity index (χ3n) is 4.42. The number of nitrogen functional groups attached to an aromatic ring is 2. The van der Waals surface area contributed by atoms with Crippen LogP contribution in [-0.2, 0) is 10.2 Å². The molecule has 0 heterocycles. The Labute approximate surface area is 153 Å². The summed E-state index contributed by atoms with van der Waals surface area (Å²) in [6, 6.07) is 3.35. The smallest absolute Gasteiger partial charge is 0.338 e. The van der Waals surface area contributed by atoms with E-state index in [4.69, 9.17) is 16.2 Å². The van der Waals surface area contributed by atoms with Gasteiger partial charge in [-0.2, -0.15) is 0 Å². The number of hydrogen-bond donors (Lipinski definition) is 2. The van der Waals surface area contributed by atoms with Crippen molar-refractivity contribution in [3.05, 3.63) is 23.3 Å². The van der Waals surface area contributed by atoms with E-state index in [1.54, 1.807) is 12.1 Å². The van der Waals surface area contributed by atoms with Gasteiger partial charge in [-0.25, -0.2) is 4.79 Å². The molecule has 1 aromatic carbocycles. The van der Waals surface area contributed by atoms with Crippen LogP contribution in [-0.4, -0.2) is 12.6 Å². The summed E-state index contributed by atoms with van der Waals surface area (Å²) >= 11 is 0. The van der Waals surface area contributed by atoms with Crippen LogP contribution in [0.15, 0.2) is 12.1 Å². The third-order valence-corrected chi connectivity index (χ3v) is 4.42. The molecule has 0 spiro atoms. The van der Waals surface area contributed by atoms with Gasteiger partial charge in [0.1, 0.15) is 0 Å². The lowest BCUT2D eigenvalue weighted by Gasteiger charge is -2.23. The van der Waals surface area contributed by atoms with Gasteiger partial charge in [0.25, 0.3) is 0 Å². The third kappa shape index (κ3) is 7.37. The predicted molar refractivity (Wildman–Crippen MR) is 107 cm³/mol. The number of benzene rings is 1. The van der Waals surface area contributed by atoms with E-state index in [0.29, 0.717) is 23.5 Å². The Hall–Kier alpha value is -1.71. The summed E-state index contributed by atoms with van der Waals surface area (Å²) in [6.07, 6.45) is 9.75. The number of ether oxygens (including phenoxy) is 1. The van der Waals surface area contributed by atoms with E-state index in [-0.39, 0.29) is 11.4 Å². The summed E-state index contributed by atoms with van der Waals surface area (Å²) < 4.78 is 5.36. The predicted octanol–water partition coefficient (Wildman–Crippen LogP) is 5.45. The highest BCUT2D eigenvalue weighted by molar-refractivity contribution is 5.92. The van der Waals surface area contributed by atoms with Crippen molar-refractivity contribution < 1.29 is 9.53 Å². The van der Waals surface area contributed by atoms with Crippen molar-refractivity contribution >= 4 is 17.3 Å². The lowest BCUT2D eigenvalue weighted by molar-refractivity contribution is 0.0497. The van der Waals surface area contributed by atoms with Gasteiger partial charge in [0.05, 0.1) is 12.2 Å². The van der Waals surface area contributed by atoms with Crippen molar-refractivity contribution in [3.8, 4) is 0 Å². The largest absolute Gasteiger partial charge is 0.462 e. The SMILES string of the molecule is CCCCCCCCCCOC(=O)c1cc(N)c(C(C)(C)C)c(N)c1. The molecule has 0 bridgehead atoms. The fraction of sp³-hybridized carbons (Fsp3) is 0.667. The second kappa shape index (κ2) is 10.3. The van der Waals surface area contributed by atoms with Gasteiger partial charge in [0.15, 0.2) is 0 Å². The van der Waals surface area contributed by atoms with Gasteiger partial charge in [-0.3, -0.25) is 0 Å². The molecule has 4 N–H and O–H groups in total. The number of carbonyl (C=O) groups excluding carboxylic acids is 1. The van der Waals surface area contributed by atoms with Crippen LogP contribution in [0.3, 0.4) is 0 Å². The fourth-order valence-electron chi connectivity index (χ4n) is 3.16. The first-order chi connectivity index (χ1) is 11.8. The Balaban J connectivity index is 2.39. The number of rotatable bonds is 10. The molecule has 1 rings (SSSR count). The van der Waals surface area contributed by atoms with Crippen LogP contribution in [0.4, 0.5) is 11.4 Å². The van der Waals surface area contributed by atoms with E-state index in [9.17, 15) is 4.79 Å². The van der Waals surface area contributed by atoms with Gasteiger partial charge in [-0.15, -0.1) is 0 Å². The minimum atomic E-state index is -0.346. The van der Waals surface area contributed by atoms with Crippen molar-refractivity contribution in [3.63, 3.8) is 0 Å². The molecule has 0 fully saturated rings. The quantitative estimate of drug-likeness (QED) is 0.335. The summed E-state index contributed by atoms with van der Waals surface area (Å²) in [5, 5.41) is 0. The first kappa shape index (κ1) is 21.3. The molecule has 142 valence electrons. The molecule has 25 heavy (non-hydrogen) atoms. The van der Waals surface area contributed by atoms with Crippen molar-refractivity contribution in [2.45, 2.75) is 84.5 Å². The van der Waals surface area contributed by atoms with E-state index < -0.39 is 0 Å². The highest BCUT2D eigenvalue weighted by Crippen LogP contribution is 2.34. The molecule has 0 radical (unpaired) electrons. The standard InChI is InChI=1S/C21H36N2O2/c1-5-6-7-8-9-10-11-12-13-25-20(24)16-14-17(22)19(18(23)15-16)21(2,3)4/h14-15H,5-13,22-23H2,1-4H3. The lowest BCUT2D eigenvalue weighted by Crippen LogP contribution is -2.18. The second-order valence-corrected chi connectivity index (χ2v) is 7.89. The molecule has 0 aliphatic rings. The van der Waals surface area contributed by atoms with Gasteiger partial charge in [0.2, 0.25) is 0 Å². The van der Waals surface area contributed by atoms with Gasteiger partial charge < -0.3 is 16.2 Å². The average Bonchev–Trinajstić information content (AvgIpc) is 2.51. The Morgan fingerprint density at radius 3 is 1.88 bits per heavy atom. The topological polar surface area (TPSA) is 78.3 Å². The second-order valence-electron chi connectivity index (χ2n) is 7.89. The number of nitrogens with two attached hydrogens (primary N) is 2. The molecule has 4 nitrogen and oxygen atoms in total. The number of carbonyl (C=O) groups is 1. The van der Waals surface area contributed by atoms with Crippen LogP contribution in [0.1, 0.15) is 95.0 Å². The molecule has 0 aromatic heterocycles. The van der Waals surface area contributed by atoms with Crippen molar-refractivity contribution in [1.82, 2.24) is 0 Å². The normalized spacial score (nSPS) is 11.5. The van der Waals surface area contributed by atoms with Crippen LogP contribution < -0.4 is 11.5 Å². The molecule has 0 atom stereocenters. The molecule has 0 amide bonds. The molecule has 1 aromatic rings. The number of hydrogen-bond acceptors (Lipinski definition) is 4. The van der Waals surface area contributed by atoms with Crippen LogP contribution in [0, 0.1) is 0 Å². The average molecular weight is 349 g/mol. The van der Waals surface area contributed by atoms with Crippen LogP contribution in [0.5, 0.6) is 0 Å². The minimum absolute atomic E-state index is 0.159.